The Bertz CT molecular complexity index is 3340. The van der Waals surface area contributed by atoms with Gasteiger partial charge in [-0.15, -0.1) is 0 Å². The molecule has 0 radical (unpaired) electrons. The molecule has 2 heterocycles. The van der Waals surface area contributed by atoms with Crippen molar-refractivity contribution in [3.8, 4) is 22.3 Å². The number of hydrogen-bond donors (Lipinski definition) is 1. The Hall–Kier alpha value is -7.56. The monoisotopic (exact) mass is 922 g/mol. The molecular formula is C67H64BN3. The van der Waals surface area contributed by atoms with E-state index >= 15 is 0 Å². The van der Waals surface area contributed by atoms with Crippen LogP contribution < -0.4 is 31.5 Å². The van der Waals surface area contributed by atoms with E-state index in [1.165, 1.54) is 90.6 Å². The van der Waals surface area contributed by atoms with Gasteiger partial charge < -0.3 is 15.1 Å². The topological polar surface area (TPSA) is 18.5 Å². The Balaban J connectivity index is 1.15. The standard InChI is InChI=1S/C67H64BN3/c1-45-40-62-65-64(41-45)71(55-35-31-47(32-36-55)50-26-25-46(2)59(42-50)58-24-16-15-23-57(58)48-27-28-48)63-44-56(70(53-19-11-9-12-20-53)54-21-13-10-14-22-54)37-38-60(63)68(65)61-43-52(67(6,7)8)34-30-49(61)29-33-51(66(3,4)5)18-17-39-69-62/h9-26,29-44,48,69H,27-28H2,1-8H3/b33-29-,39-17+,51-18+. The average Bonchev–Trinajstić information content (AvgIpc) is 4.21. The summed E-state index contributed by atoms with van der Waals surface area (Å²) in [6, 6.07) is 66.0. The molecule has 3 aliphatic rings. The van der Waals surface area contributed by atoms with Crippen LogP contribution in [0.2, 0.25) is 0 Å². The third-order valence-electron chi connectivity index (χ3n) is 14.8. The summed E-state index contributed by atoms with van der Waals surface area (Å²) in [5.41, 5.74) is 24.5. The lowest BCUT2D eigenvalue weighted by Gasteiger charge is -2.40. The van der Waals surface area contributed by atoms with Crippen molar-refractivity contribution in [2.45, 2.75) is 79.6 Å². The van der Waals surface area contributed by atoms with Crippen molar-refractivity contribution in [3.05, 3.63) is 234 Å². The molecule has 0 spiro atoms. The summed E-state index contributed by atoms with van der Waals surface area (Å²) < 4.78 is 0. The summed E-state index contributed by atoms with van der Waals surface area (Å²) in [7, 11) is 0. The van der Waals surface area contributed by atoms with Crippen molar-refractivity contribution in [2.24, 2.45) is 5.41 Å². The number of anilines is 7. The molecule has 3 nitrogen and oxygen atoms in total. The molecule has 2 aliphatic heterocycles. The van der Waals surface area contributed by atoms with Crippen molar-refractivity contribution in [2.75, 3.05) is 15.1 Å². The maximum atomic E-state index is 3.87. The maximum Gasteiger partial charge on any atom is 0.250 e. The minimum Gasteiger partial charge on any atom is -0.362 e. The van der Waals surface area contributed by atoms with Gasteiger partial charge in [-0.2, -0.15) is 0 Å². The van der Waals surface area contributed by atoms with Gasteiger partial charge in [-0.3, -0.25) is 0 Å². The first kappa shape index (κ1) is 45.9. The largest absolute Gasteiger partial charge is 0.362 e. The second-order valence-corrected chi connectivity index (χ2v) is 22.0. The van der Waals surface area contributed by atoms with E-state index in [1.54, 1.807) is 0 Å². The SMILES string of the molecule is Cc1cc2c3c(c1)N(c1ccc(-c4ccc(C)c(-c5ccccc5C5CC5)c4)cc1)c1cc(N(c4ccccc4)c4ccccc4)ccc1B3c1cc(C(C)(C)C)ccc1\C=C/C(C(C)(C)C)=C\C=C\N2. The van der Waals surface area contributed by atoms with E-state index in [-0.39, 0.29) is 17.5 Å². The lowest BCUT2D eigenvalue weighted by atomic mass is 9.34. The summed E-state index contributed by atoms with van der Waals surface area (Å²) in [4.78, 5) is 4.92. The highest BCUT2D eigenvalue weighted by molar-refractivity contribution is 6.99. The van der Waals surface area contributed by atoms with Crippen molar-refractivity contribution in [3.63, 3.8) is 0 Å². The maximum absolute atomic E-state index is 3.87. The normalized spacial score (nSPS) is 16.0. The van der Waals surface area contributed by atoms with Crippen molar-refractivity contribution in [1.29, 1.82) is 0 Å². The van der Waals surface area contributed by atoms with Crippen molar-refractivity contribution < 1.29 is 0 Å². The van der Waals surface area contributed by atoms with Crippen LogP contribution in [0.15, 0.2) is 206 Å². The van der Waals surface area contributed by atoms with Gasteiger partial charge in [-0.25, -0.2) is 0 Å². The lowest BCUT2D eigenvalue weighted by Crippen LogP contribution is -2.58. The van der Waals surface area contributed by atoms with Crippen LogP contribution in [0.1, 0.15) is 88.1 Å². The fourth-order valence-corrected chi connectivity index (χ4v) is 10.8. The fourth-order valence-electron chi connectivity index (χ4n) is 10.8. The molecule has 8 aromatic rings. The number of rotatable bonds is 7. The molecule has 0 amide bonds. The predicted molar refractivity (Wildman–Crippen MR) is 307 cm³/mol. The minimum atomic E-state index is -0.101. The molecule has 0 bridgehead atoms. The molecule has 0 unspecified atom stereocenters. The number of nitrogens with one attached hydrogen (secondary N) is 1. The molecule has 8 aromatic carbocycles. The zero-order chi connectivity index (χ0) is 49.0. The fraction of sp³-hybridized carbons (Fsp3) is 0.194. The van der Waals surface area contributed by atoms with E-state index in [4.69, 9.17) is 0 Å². The van der Waals surface area contributed by atoms with Gasteiger partial charge >= 0.3 is 0 Å². The zero-order valence-electron chi connectivity index (χ0n) is 42.6. The Morgan fingerprint density at radius 3 is 1.94 bits per heavy atom. The van der Waals surface area contributed by atoms with Gasteiger partial charge in [0.15, 0.2) is 0 Å². The van der Waals surface area contributed by atoms with Crippen LogP contribution in [0.5, 0.6) is 0 Å². The Morgan fingerprint density at radius 1 is 0.563 bits per heavy atom. The number of benzene rings is 8. The highest BCUT2D eigenvalue weighted by Crippen LogP contribution is 2.47. The van der Waals surface area contributed by atoms with Gasteiger partial charge in [-0.05, 0) is 183 Å². The van der Waals surface area contributed by atoms with Crippen LogP contribution in [-0.2, 0) is 5.41 Å². The highest BCUT2D eigenvalue weighted by atomic mass is 15.2. The van der Waals surface area contributed by atoms with Gasteiger partial charge in [0.2, 0.25) is 6.71 Å². The lowest BCUT2D eigenvalue weighted by molar-refractivity contribution is 0.517. The first-order valence-corrected chi connectivity index (χ1v) is 25.6. The molecule has 350 valence electrons. The van der Waals surface area contributed by atoms with Gasteiger partial charge in [-0.1, -0.05) is 174 Å². The summed E-state index contributed by atoms with van der Waals surface area (Å²) in [5, 5.41) is 3.87. The molecule has 0 atom stereocenters. The van der Waals surface area contributed by atoms with Crippen LogP contribution in [0, 0.1) is 19.3 Å². The quantitative estimate of drug-likeness (QED) is 0.161. The smallest absolute Gasteiger partial charge is 0.250 e. The Kier molecular flexibility index (Phi) is 11.8. The van der Waals surface area contributed by atoms with Crippen LogP contribution in [0.3, 0.4) is 0 Å². The number of nitrogens with zero attached hydrogens (tertiary/aromatic N) is 2. The molecule has 0 saturated heterocycles. The Labute approximate surface area is 423 Å². The molecule has 1 N–H and O–H groups in total. The second-order valence-electron chi connectivity index (χ2n) is 22.0. The van der Waals surface area contributed by atoms with E-state index in [0.717, 1.165) is 34.1 Å². The zero-order valence-corrected chi connectivity index (χ0v) is 42.6. The molecule has 1 fully saturated rings. The van der Waals surface area contributed by atoms with Crippen LogP contribution >= 0.6 is 0 Å². The number of aryl methyl sites for hydroxylation is 2. The second kappa shape index (κ2) is 18.3. The number of fused-ring (bicyclic) bond motifs is 4. The molecule has 71 heavy (non-hydrogen) atoms. The highest BCUT2D eigenvalue weighted by Gasteiger charge is 2.39. The first-order valence-electron chi connectivity index (χ1n) is 25.6. The van der Waals surface area contributed by atoms with Crippen molar-refractivity contribution in [1.82, 2.24) is 0 Å². The van der Waals surface area contributed by atoms with E-state index in [2.05, 4.69) is 277 Å². The minimum absolute atomic E-state index is 0.0470. The summed E-state index contributed by atoms with van der Waals surface area (Å²) >= 11 is 0. The van der Waals surface area contributed by atoms with Crippen molar-refractivity contribution >= 4 is 69.0 Å². The summed E-state index contributed by atoms with van der Waals surface area (Å²) in [5.74, 6) is 0.673. The van der Waals surface area contributed by atoms with Gasteiger partial charge in [0.1, 0.15) is 0 Å². The van der Waals surface area contributed by atoms with Crippen LogP contribution in [0.4, 0.5) is 39.8 Å². The number of hydrogen-bond acceptors (Lipinski definition) is 3. The van der Waals surface area contributed by atoms with Gasteiger partial charge in [0, 0.05) is 46.0 Å². The summed E-state index contributed by atoms with van der Waals surface area (Å²) in [6.45, 7) is 18.2. The summed E-state index contributed by atoms with van der Waals surface area (Å²) in [6.07, 6.45) is 13.8. The molecule has 0 aromatic heterocycles. The molecule has 11 rings (SSSR count). The van der Waals surface area contributed by atoms with Crippen LogP contribution in [-0.4, -0.2) is 6.71 Å². The third-order valence-corrected chi connectivity index (χ3v) is 14.8. The third kappa shape index (κ3) is 8.97. The predicted octanol–water partition coefficient (Wildman–Crippen LogP) is 16.5. The van der Waals surface area contributed by atoms with Crippen LogP contribution in [0.25, 0.3) is 28.3 Å². The number of allylic oxidation sites excluding steroid dienone is 4. The molecule has 4 heteroatoms. The van der Waals surface area contributed by atoms with E-state index in [1.807, 2.05) is 0 Å². The van der Waals surface area contributed by atoms with E-state index in [0.29, 0.717) is 5.92 Å². The number of para-hydroxylation sites is 2. The Morgan fingerprint density at radius 2 is 1.25 bits per heavy atom. The van der Waals surface area contributed by atoms with E-state index < -0.39 is 0 Å². The van der Waals surface area contributed by atoms with Gasteiger partial charge in [0.25, 0.3) is 0 Å². The van der Waals surface area contributed by atoms with E-state index in [9.17, 15) is 0 Å². The molecular weight excluding hydrogens is 858 g/mol. The van der Waals surface area contributed by atoms with Gasteiger partial charge in [0.05, 0.1) is 0 Å². The average molecular weight is 922 g/mol. The molecule has 1 saturated carbocycles. The first-order chi connectivity index (χ1) is 34.3. The molecule has 1 aliphatic carbocycles.